The van der Waals surface area contributed by atoms with Crippen molar-refractivity contribution in [2.24, 2.45) is 5.41 Å². The molecule has 0 aromatic rings. The van der Waals surface area contributed by atoms with Crippen LogP contribution in [0.2, 0.25) is 0 Å². The third-order valence-corrected chi connectivity index (χ3v) is 1.69. The van der Waals surface area contributed by atoms with Gasteiger partial charge in [-0.1, -0.05) is 13.3 Å². The van der Waals surface area contributed by atoms with E-state index in [-0.39, 0.29) is 31.1 Å². The van der Waals surface area contributed by atoms with Gasteiger partial charge >= 0.3 is 0 Å². The van der Waals surface area contributed by atoms with E-state index in [1.807, 2.05) is 0 Å². The fraction of sp³-hybridized carbons (Fsp3) is 0.857. The Hall–Kier alpha value is 1.01. The molecule has 1 nitrogen and oxygen atoms in total. The Kier molecular flexibility index (Phi) is 4.46. The summed E-state index contributed by atoms with van der Waals surface area (Å²) in [6.07, 6.45) is 2.57. The molecule has 52 valence electrons. The smallest absolute Gasteiger partial charge is 0 e. The molecule has 1 heterocycles. The number of piperidine rings is 1. The molecule has 1 fully saturated rings. The van der Waals surface area contributed by atoms with Gasteiger partial charge in [-0.2, -0.15) is 0 Å². The summed E-state index contributed by atoms with van der Waals surface area (Å²) in [4.78, 5) is 0. The molecule has 0 radical (unpaired) electrons. The Morgan fingerprint density at radius 3 is 2.44 bits per heavy atom. The van der Waals surface area contributed by atoms with E-state index in [1.54, 1.807) is 0 Å². The first-order chi connectivity index (χ1) is 3.71. The van der Waals surface area contributed by atoms with Crippen LogP contribution < -0.4 is 5.32 Å². The quantitative estimate of drug-likeness (QED) is 0.648. The molecular weight excluding hydrogens is 336 g/mol. The van der Waals surface area contributed by atoms with Crippen molar-refractivity contribution in [1.82, 2.24) is 5.32 Å². The van der Waals surface area contributed by atoms with Crippen LogP contribution >= 0.6 is 0 Å². The first-order valence-corrected chi connectivity index (χ1v) is 3.27. The van der Waals surface area contributed by atoms with E-state index in [4.69, 9.17) is 0 Å². The molecule has 1 atom stereocenters. The molecule has 0 saturated carbocycles. The van der Waals surface area contributed by atoms with Crippen molar-refractivity contribution in [3.63, 3.8) is 0 Å². The SMILES string of the molecule is [CH2-]C1(C)CCCNC1.[U]. The molecule has 0 amide bonds. The van der Waals surface area contributed by atoms with Gasteiger partial charge in [-0.25, -0.2) is 0 Å². The molecule has 9 heavy (non-hydrogen) atoms. The second-order valence-corrected chi connectivity index (χ2v) is 3.09. The van der Waals surface area contributed by atoms with Crippen LogP contribution in [0.3, 0.4) is 0 Å². The predicted octanol–water partition coefficient (Wildman–Crippen LogP) is 1.21. The molecule has 1 N–H and O–H groups in total. The van der Waals surface area contributed by atoms with Crippen molar-refractivity contribution in [2.45, 2.75) is 19.8 Å². The standard InChI is InChI=1S/C7H14N.U/c1-7(2)4-3-5-8-6-7;/h8H,1,3-6H2,2H3;/q-1;. The molecule has 0 aromatic carbocycles. The predicted molar refractivity (Wildman–Crippen MR) is 35.6 cm³/mol. The van der Waals surface area contributed by atoms with Crippen LogP contribution in [-0.2, 0) is 0 Å². The molecule has 0 aromatic heterocycles. The maximum absolute atomic E-state index is 4.07. The normalized spacial score (nSPS) is 35.3. The summed E-state index contributed by atoms with van der Waals surface area (Å²) in [6.45, 7) is 8.55. The van der Waals surface area contributed by atoms with Gasteiger partial charge in [0.05, 0.1) is 0 Å². The van der Waals surface area contributed by atoms with E-state index in [1.165, 1.54) is 19.4 Å². The van der Waals surface area contributed by atoms with Gasteiger partial charge in [-0.05, 0) is 19.5 Å². The Bertz CT molecular complexity index is 73.0. The third-order valence-electron chi connectivity index (χ3n) is 1.69. The zero-order valence-corrected chi connectivity index (χ0v) is 10.2. The van der Waals surface area contributed by atoms with Crippen LogP contribution in [0.25, 0.3) is 0 Å². The summed E-state index contributed by atoms with van der Waals surface area (Å²) in [5.41, 5.74) is 0.318. The molecule has 1 unspecified atom stereocenters. The van der Waals surface area contributed by atoms with E-state index < -0.39 is 0 Å². The molecular formula is C7H14NU-. The van der Waals surface area contributed by atoms with Crippen molar-refractivity contribution in [1.29, 1.82) is 0 Å². The van der Waals surface area contributed by atoms with Crippen LogP contribution in [0.15, 0.2) is 0 Å². The van der Waals surface area contributed by atoms with Gasteiger partial charge < -0.3 is 12.2 Å². The average Bonchev–Trinajstić information content (AvgIpc) is 1.65. The second kappa shape index (κ2) is 4.01. The van der Waals surface area contributed by atoms with Crippen molar-refractivity contribution < 1.29 is 31.1 Å². The van der Waals surface area contributed by atoms with Crippen LogP contribution in [0.5, 0.6) is 0 Å². The molecule has 1 aliphatic heterocycles. The first-order valence-electron chi connectivity index (χ1n) is 3.27. The maximum Gasteiger partial charge on any atom is 0 e. The number of nitrogens with one attached hydrogen (secondary N) is 1. The summed E-state index contributed by atoms with van der Waals surface area (Å²) in [7, 11) is 0. The van der Waals surface area contributed by atoms with E-state index >= 15 is 0 Å². The zero-order valence-electron chi connectivity index (χ0n) is 6.04. The van der Waals surface area contributed by atoms with Gasteiger partial charge in [0, 0.05) is 31.1 Å². The monoisotopic (exact) mass is 350 g/mol. The summed E-state index contributed by atoms with van der Waals surface area (Å²) in [6, 6.07) is 0. The Morgan fingerprint density at radius 1 is 1.56 bits per heavy atom. The molecule has 1 aliphatic rings. The first kappa shape index (κ1) is 10.0. The number of hydrogen-bond donors (Lipinski definition) is 1. The Morgan fingerprint density at radius 2 is 2.22 bits per heavy atom. The topological polar surface area (TPSA) is 12.0 Å². The molecule has 0 spiro atoms. The van der Waals surface area contributed by atoms with Crippen LogP contribution in [-0.4, -0.2) is 13.1 Å². The average molecular weight is 350 g/mol. The fourth-order valence-electron chi connectivity index (χ4n) is 1.12. The Balaban J connectivity index is 0.000000640. The number of rotatable bonds is 0. The van der Waals surface area contributed by atoms with Crippen molar-refractivity contribution in [3.8, 4) is 0 Å². The van der Waals surface area contributed by atoms with Crippen molar-refractivity contribution >= 4 is 0 Å². The van der Waals surface area contributed by atoms with Gasteiger partial charge in [0.2, 0.25) is 0 Å². The van der Waals surface area contributed by atoms with E-state index in [0.717, 1.165) is 6.54 Å². The largest absolute Gasteiger partial charge is 0.336 e. The molecule has 0 bridgehead atoms. The van der Waals surface area contributed by atoms with E-state index in [9.17, 15) is 0 Å². The summed E-state index contributed by atoms with van der Waals surface area (Å²) >= 11 is 0. The molecule has 2 heteroatoms. The van der Waals surface area contributed by atoms with Crippen LogP contribution in [0.1, 0.15) is 19.8 Å². The van der Waals surface area contributed by atoms with Crippen LogP contribution in [0, 0.1) is 43.5 Å². The third kappa shape index (κ3) is 3.65. The van der Waals surface area contributed by atoms with Gasteiger partial charge in [0.15, 0.2) is 0 Å². The zero-order chi connectivity index (χ0) is 6.04. The van der Waals surface area contributed by atoms with Crippen LogP contribution in [0.4, 0.5) is 0 Å². The number of hydrogen-bond acceptors (Lipinski definition) is 1. The summed E-state index contributed by atoms with van der Waals surface area (Å²) in [5, 5.41) is 3.31. The summed E-state index contributed by atoms with van der Waals surface area (Å²) < 4.78 is 0. The van der Waals surface area contributed by atoms with Gasteiger partial charge in [-0.3, -0.25) is 0 Å². The molecule has 1 saturated heterocycles. The van der Waals surface area contributed by atoms with E-state index in [0.29, 0.717) is 5.41 Å². The van der Waals surface area contributed by atoms with Gasteiger partial charge in [0.25, 0.3) is 0 Å². The minimum absolute atomic E-state index is 0. The van der Waals surface area contributed by atoms with Gasteiger partial charge in [-0.15, -0.1) is 5.41 Å². The second-order valence-electron chi connectivity index (χ2n) is 3.09. The molecule has 1 rings (SSSR count). The summed E-state index contributed by atoms with van der Waals surface area (Å²) in [5.74, 6) is 0. The fourth-order valence-corrected chi connectivity index (χ4v) is 1.12. The van der Waals surface area contributed by atoms with Crippen molar-refractivity contribution in [2.75, 3.05) is 13.1 Å². The molecule has 0 aliphatic carbocycles. The van der Waals surface area contributed by atoms with Gasteiger partial charge in [0.1, 0.15) is 0 Å². The minimum Gasteiger partial charge on any atom is -0.336 e. The minimum atomic E-state index is 0. The maximum atomic E-state index is 4.07. The van der Waals surface area contributed by atoms with Crippen molar-refractivity contribution in [3.05, 3.63) is 6.92 Å². The van der Waals surface area contributed by atoms with E-state index in [2.05, 4.69) is 19.2 Å². The Labute approximate surface area is 81.4 Å².